The number of carbonyl (C=O) groups excluding carboxylic acids is 1. The predicted octanol–water partition coefficient (Wildman–Crippen LogP) is 3.75. The average molecular weight is 386 g/mol. The fourth-order valence-corrected chi connectivity index (χ4v) is 3.15. The number of benzene rings is 2. The molecule has 0 fully saturated rings. The Kier molecular flexibility index (Phi) is 5.81. The highest BCUT2D eigenvalue weighted by atomic mass is 16.5. The van der Waals surface area contributed by atoms with Crippen LogP contribution >= 0.6 is 0 Å². The zero-order chi connectivity index (χ0) is 19.9. The molecule has 1 atom stereocenters. The van der Waals surface area contributed by atoms with Gasteiger partial charge in [0.25, 0.3) is 5.91 Å². The van der Waals surface area contributed by atoms with Crippen LogP contribution in [0.2, 0.25) is 0 Å². The summed E-state index contributed by atoms with van der Waals surface area (Å²) in [4.78, 5) is 12.1. The summed E-state index contributed by atoms with van der Waals surface area (Å²) in [5, 5.41) is 11.2. The summed E-state index contributed by atoms with van der Waals surface area (Å²) in [5.41, 5.74) is 1.36. The van der Waals surface area contributed by atoms with E-state index < -0.39 is 0 Å². The van der Waals surface area contributed by atoms with Crippen LogP contribution in [0.5, 0.6) is 5.75 Å². The maximum atomic E-state index is 12.1. The molecule has 1 aliphatic carbocycles. The Balaban J connectivity index is 1.31. The van der Waals surface area contributed by atoms with Gasteiger partial charge in [0, 0.05) is 18.0 Å². The van der Waals surface area contributed by atoms with Gasteiger partial charge < -0.3 is 10.1 Å². The van der Waals surface area contributed by atoms with E-state index in [1.165, 1.54) is 0 Å². The molecule has 1 heterocycles. The molecule has 0 bridgehead atoms. The van der Waals surface area contributed by atoms with Gasteiger partial charge in [-0.2, -0.15) is 0 Å². The van der Waals surface area contributed by atoms with E-state index in [9.17, 15) is 4.79 Å². The third kappa shape index (κ3) is 5.19. The molecule has 1 aromatic heterocycles. The highest BCUT2D eigenvalue weighted by Crippen LogP contribution is 2.21. The summed E-state index contributed by atoms with van der Waals surface area (Å²) in [6, 6.07) is 18.9. The topological polar surface area (TPSA) is 69.0 Å². The van der Waals surface area contributed by atoms with Crippen LogP contribution in [0.1, 0.15) is 22.5 Å². The Bertz CT molecular complexity index is 1010. The van der Waals surface area contributed by atoms with Crippen molar-refractivity contribution in [3.8, 4) is 5.75 Å². The van der Waals surface area contributed by atoms with Crippen molar-refractivity contribution in [2.45, 2.75) is 19.5 Å². The van der Waals surface area contributed by atoms with E-state index in [-0.39, 0.29) is 11.8 Å². The fourth-order valence-electron chi connectivity index (χ4n) is 3.15. The van der Waals surface area contributed by atoms with Crippen molar-refractivity contribution in [3.05, 3.63) is 102 Å². The van der Waals surface area contributed by atoms with Crippen LogP contribution in [0.15, 0.2) is 90.8 Å². The van der Waals surface area contributed by atoms with Gasteiger partial charge in [0.1, 0.15) is 17.2 Å². The van der Waals surface area contributed by atoms with Gasteiger partial charge in [-0.25, -0.2) is 0 Å². The van der Waals surface area contributed by atoms with Gasteiger partial charge in [-0.1, -0.05) is 47.7 Å². The molecule has 1 N–H and O–H groups in total. The van der Waals surface area contributed by atoms with Crippen LogP contribution in [0.3, 0.4) is 0 Å². The Morgan fingerprint density at radius 1 is 1.10 bits per heavy atom. The van der Waals surface area contributed by atoms with Crippen LogP contribution in [-0.4, -0.2) is 20.9 Å². The molecule has 0 radical (unpaired) electrons. The van der Waals surface area contributed by atoms with Crippen LogP contribution in [0.4, 0.5) is 0 Å². The fraction of sp³-hybridized carbons (Fsp3) is 0.174. The average Bonchev–Trinajstić information content (AvgIpc) is 3.21. The van der Waals surface area contributed by atoms with Crippen LogP contribution in [-0.2, 0) is 13.1 Å². The molecular weight excluding hydrogens is 364 g/mol. The van der Waals surface area contributed by atoms with Crippen LogP contribution in [0, 0.1) is 5.92 Å². The smallest absolute Gasteiger partial charge is 0.251 e. The molecule has 0 saturated carbocycles. The number of nitrogens with zero attached hydrogens (tertiary/aromatic N) is 3. The lowest BCUT2D eigenvalue weighted by molar-refractivity contribution is 0.0950. The largest absolute Gasteiger partial charge is 0.458 e. The zero-order valence-electron chi connectivity index (χ0n) is 15.9. The monoisotopic (exact) mass is 386 g/mol. The van der Waals surface area contributed by atoms with Gasteiger partial charge >= 0.3 is 0 Å². The molecule has 0 saturated heterocycles. The zero-order valence-corrected chi connectivity index (χ0v) is 15.9. The first-order valence-corrected chi connectivity index (χ1v) is 9.60. The van der Waals surface area contributed by atoms with Crippen molar-refractivity contribution in [2.24, 2.45) is 5.92 Å². The van der Waals surface area contributed by atoms with Gasteiger partial charge in [0.05, 0.1) is 12.7 Å². The second kappa shape index (κ2) is 9.01. The minimum absolute atomic E-state index is 0.122. The maximum Gasteiger partial charge on any atom is 0.251 e. The molecule has 4 rings (SSSR count). The number of amides is 1. The number of rotatable bonds is 7. The SMILES string of the molecule is O=C(NCc1cn(CC2C=C(Oc3ccccc3)C=CC2)nn1)c1ccccc1. The van der Waals surface area contributed by atoms with Gasteiger partial charge in [-0.3, -0.25) is 9.48 Å². The van der Waals surface area contributed by atoms with E-state index in [0.29, 0.717) is 18.7 Å². The number of carbonyl (C=O) groups is 1. The highest BCUT2D eigenvalue weighted by molar-refractivity contribution is 5.94. The molecule has 0 spiro atoms. The molecule has 3 aromatic rings. The Labute approximate surface area is 169 Å². The molecule has 6 heteroatoms. The van der Waals surface area contributed by atoms with Crippen molar-refractivity contribution in [2.75, 3.05) is 0 Å². The Morgan fingerprint density at radius 2 is 1.86 bits per heavy atom. The maximum absolute atomic E-state index is 12.1. The summed E-state index contributed by atoms with van der Waals surface area (Å²) in [7, 11) is 0. The number of hydrogen-bond acceptors (Lipinski definition) is 4. The Morgan fingerprint density at radius 3 is 2.66 bits per heavy atom. The van der Waals surface area contributed by atoms with E-state index in [0.717, 1.165) is 23.6 Å². The summed E-state index contributed by atoms with van der Waals surface area (Å²) >= 11 is 0. The quantitative estimate of drug-likeness (QED) is 0.671. The molecule has 6 nitrogen and oxygen atoms in total. The third-order valence-corrected chi connectivity index (χ3v) is 4.57. The van der Waals surface area contributed by atoms with Crippen molar-refractivity contribution < 1.29 is 9.53 Å². The lowest BCUT2D eigenvalue weighted by atomic mass is 10.00. The second-order valence-electron chi connectivity index (χ2n) is 6.86. The van der Waals surface area contributed by atoms with Crippen LogP contribution < -0.4 is 10.1 Å². The number of para-hydroxylation sites is 1. The first-order valence-electron chi connectivity index (χ1n) is 9.60. The first kappa shape index (κ1) is 18.7. The van der Waals surface area contributed by atoms with Crippen molar-refractivity contribution in [1.29, 1.82) is 0 Å². The third-order valence-electron chi connectivity index (χ3n) is 4.57. The first-order chi connectivity index (χ1) is 14.3. The number of ether oxygens (including phenoxy) is 1. The van der Waals surface area contributed by atoms with Gasteiger partial charge in [-0.05, 0) is 42.8 Å². The molecule has 2 aromatic carbocycles. The van der Waals surface area contributed by atoms with Gasteiger partial charge in [0.2, 0.25) is 0 Å². The molecule has 1 aliphatic rings. The molecule has 0 aliphatic heterocycles. The lowest BCUT2D eigenvalue weighted by Crippen LogP contribution is -2.22. The summed E-state index contributed by atoms with van der Waals surface area (Å²) < 4.78 is 7.73. The predicted molar refractivity (Wildman–Crippen MR) is 110 cm³/mol. The van der Waals surface area contributed by atoms with Crippen molar-refractivity contribution in [3.63, 3.8) is 0 Å². The van der Waals surface area contributed by atoms with E-state index in [4.69, 9.17) is 4.74 Å². The summed E-state index contributed by atoms with van der Waals surface area (Å²) in [6.45, 7) is 1.04. The Hall–Kier alpha value is -3.67. The molecule has 29 heavy (non-hydrogen) atoms. The number of nitrogens with one attached hydrogen (secondary N) is 1. The second-order valence-corrected chi connectivity index (χ2v) is 6.86. The molecule has 1 amide bonds. The summed E-state index contributed by atoms with van der Waals surface area (Å²) in [5.74, 6) is 1.81. The minimum Gasteiger partial charge on any atom is -0.458 e. The molecule has 1 unspecified atom stereocenters. The van der Waals surface area contributed by atoms with E-state index in [2.05, 4.69) is 27.8 Å². The van der Waals surface area contributed by atoms with Crippen LogP contribution in [0.25, 0.3) is 0 Å². The molecular formula is C23H22N4O2. The lowest BCUT2D eigenvalue weighted by Gasteiger charge is -2.16. The number of allylic oxidation sites excluding steroid dienone is 3. The summed E-state index contributed by atoms with van der Waals surface area (Å²) in [6.07, 6.45) is 9.01. The normalized spacial score (nSPS) is 15.6. The molecule has 146 valence electrons. The highest BCUT2D eigenvalue weighted by Gasteiger charge is 2.13. The standard InChI is InChI=1S/C23H22N4O2/c28-23(19-9-3-1-4-10-19)24-15-20-17-27(26-25-20)16-18-8-7-13-22(14-18)29-21-11-5-2-6-12-21/h1-7,9-14,17-18H,8,15-16H2,(H,24,28). The van der Waals surface area contributed by atoms with Gasteiger partial charge in [-0.15, -0.1) is 5.10 Å². The number of aromatic nitrogens is 3. The minimum atomic E-state index is -0.122. The van der Waals surface area contributed by atoms with Crippen molar-refractivity contribution >= 4 is 5.91 Å². The van der Waals surface area contributed by atoms with E-state index in [1.807, 2.05) is 65.5 Å². The number of hydrogen-bond donors (Lipinski definition) is 1. The van der Waals surface area contributed by atoms with Gasteiger partial charge in [0.15, 0.2) is 0 Å². The van der Waals surface area contributed by atoms with E-state index in [1.54, 1.807) is 12.1 Å². The van der Waals surface area contributed by atoms with Crippen molar-refractivity contribution in [1.82, 2.24) is 20.3 Å². The van der Waals surface area contributed by atoms with E-state index >= 15 is 0 Å².